The molecule has 2 rings (SSSR count). The Kier molecular flexibility index (Phi) is 4.39. The molecule has 1 nitrogen and oxygen atoms in total. The minimum Gasteiger partial charge on any atom is -0.380 e. The first-order valence-electron chi connectivity index (χ1n) is 5.09. The molecule has 0 spiro atoms. The van der Waals surface area contributed by atoms with Crippen LogP contribution < -0.4 is 5.32 Å². The smallest absolute Gasteiger partial charge is 0.129 e. The first-order valence-corrected chi connectivity index (χ1v) is 6.96. The van der Waals surface area contributed by atoms with Crippen LogP contribution in [0.2, 0.25) is 0 Å². The van der Waals surface area contributed by atoms with Gasteiger partial charge < -0.3 is 5.32 Å². The number of halogens is 3. The van der Waals surface area contributed by atoms with Crippen molar-refractivity contribution >= 4 is 44.2 Å². The molecule has 0 fully saturated rings. The lowest BCUT2D eigenvalue weighted by Crippen LogP contribution is -2.02. The second kappa shape index (κ2) is 5.82. The highest BCUT2D eigenvalue weighted by Gasteiger charge is 2.03. The molecule has 1 N–H and O–H groups in total. The van der Waals surface area contributed by atoms with Gasteiger partial charge in [0.1, 0.15) is 5.82 Å². The zero-order chi connectivity index (χ0) is 12.3. The van der Waals surface area contributed by atoms with Crippen LogP contribution in [0.4, 0.5) is 10.1 Å². The maximum Gasteiger partial charge on any atom is 0.129 e. The Labute approximate surface area is 122 Å². The third-order valence-electron chi connectivity index (χ3n) is 2.36. The summed E-state index contributed by atoms with van der Waals surface area (Å²) in [5.41, 5.74) is 1.68. The fourth-order valence-corrected chi connectivity index (χ4v) is 2.37. The topological polar surface area (TPSA) is 12.0 Å². The largest absolute Gasteiger partial charge is 0.380 e. The Balaban J connectivity index is 2.10. The van der Waals surface area contributed by atoms with Crippen molar-refractivity contribution in [3.63, 3.8) is 0 Å². The lowest BCUT2D eigenvalue weighted by molar-refractivity contribution is 0.612. The highest BCUT2D eigenvalue weighted by molar-refractivity contribution is 14.1. The van der Waals surface area contributed by atoms with Gasteiger partial charge in [-0.2, -0.15) is 0 Å². The van der Waals surface area contributed by atoms with Crippen molar-refractivity contribution in [3.8, 4) is 0 Å². The zero-order valence-electron chi connectivity index (χ0n) is 8.88. The Morgan fingerprint density at radius 2 is 1.94 bits per heavy atom. The second-order valence-electron chi connectivity index (χ2n) is 3.57. The van der Waals surface area contributed by atoms with Crippen molar-refractivity contribution < 1.29 is 4.39 Å². The van der Waals surface area contributed by atoms with Gasteiger partial charge in [0.25, 0.3) is 0 Å². The van der Waals surface area contributed by atoms with E-state index >= 15 is 0 Å². The molecule has 17 heavy (non-hydrogen) atoms. The summed E-state index contributed by atoms with van der Waals surface area (Å²) >= 11 is 5.50. The van der Waals surface area contributed by atoms with Crippen molar-refractivity contribution in [3.05, 3.63) is 61.9 Å². The van der Waals surface area contributed by atoms with E-state index in [0.717, 1.165) is 13.7 Å². The summed E-state index contributed by atoms with van der Waals surface area (Å²) in [6, 6.07) is 13.0. The van der Waals surface area contributed by atoms with Gasteiger partial charge >= 0.3 is 0 Å². The average Bonchev–Trinajstić information content (AvgIpc) is 2.30. The van der Waals surface area contributed by atoms with Gasteiger partial charge in [-0.15, -0.1) is 0 Å². The Morgan fingerprint density at radius 3 is 2.65 bits per heavy atom. The van der Waals surface area contributed by atoms with E-state index in [4.69, 9.17) is 0 Å². The van der Waals surface area contributed by atoms with E-state index in [0.29, 0.717) is 12.1 Å². The van der Waals surface area contributed by atoms with Crippen LogP contribution in [0.3, 0.4) is 0 Å². The Hall–Kier alpha value is -0.620. The normalized spacial score (nSPS) is 10.3. The summed E-state index contributed by atoms with van der Waals surface area (Å²) in [6.07, 6.45) is 0. The van der Waals surface area contributed by atoms with E-state index in [9.17, 15) is 4.39 Å². The number of nitrogens with one attached hydrogen (secondary N) is 1. The van der Waals surface area contributed by atoms with Crippen LogP contribution in [-0.2, 0) is 6.54 Å². The molecule has 0 aliphatic rings. The van der Waals surface area contributed by atoms with Crippen LogP contribution in [0, 0.1) is 9.39 Å². The van der Waals surface area contributed by atoms with Crippen molar-refractivity contribution in [1.82, 2.24) is 0 Å². The molecule has 0 aliphatic heterocycles. The number of para-hydroxylation sites is 1. The molecule has 0 unspecified atom stereocenters. The van der Waals surface area contributed by atoms with Crippen LogP contribution in [-0.4, -0.2) is 0 Å². The van der Waals surface area contributed by atoms with Gasteiger partial charge in [-0.1, -0.05) is 34.1 Å². The molecule has 0 aromatic heterocycles. The number of hydrogen-bond donors (Lipinski definition) is 1. The SMILES string of the molecule is Fc1cc(Br)ccc1CNc1ccccc1I. The van der Waals surface area contributed by atoms with Crippen molar-refractivity contribution in [2.45, 2.75) is 6.54 Å². The molecule has 0 radical (unpaired) electrons. The van der Waals surface area contributed by atoms with Crippen molar-refractivity contribution in [1.29, 1.82) is 0 Å². The minimum atomic E-state index is -0.196. The number of rotatable bonds is 3. The Morgan fingerprint density at radius 1 is 1.18 bits per heavy atom. The quantitative estimate of drug-likeness (QED) is 0.723. The van der Waals surface area contributed by atoms with Gasteiger partial charge in [-0.25, -0.2) is 4.39 Å². The molecule has 0 bridgehead atoms. The standard InChI is InChI=1S/C13H10BrFIN/c14-10-6-5-9(11(15)7-10)8-17-13-4-2-1-3-12(13)16/h1-7,17H,8H2. The zero-order valence-corrected chi connectivity index (χ0v) is 12.6. The molecule has 0 aliphatic carbocycles. The Bertz CT molecular complexity index is 531. The highest BCUT2D eigenvalue weighted by atomic mass is 127. The summed E-state index contributed by atoms with van der Waals surface area (Å²) in [4.78, 5) is 0. The van der Waals surface area contributed by atoms with Gasteiger partial charge in [0.05, 0.1) is 0 Å². The number of hydrogen-bond acceptors (Lipinski definition) is 1. The van der Waals surface area contributed by atoms with Crippen LogP contribution in [0.15, 0.2) is 46.9 Å². The first kappa shape index (κ1) is 12.8. The van der Waals surface area contributed by atoms with Crippen LogP contribution in [0.1, 0.15) is 5.56 Å². The maximum atomic E-state index is 13.6. The molecule has 0 saturated carbocycles. The third kappa shape index (κ3) is 3.42. The van der Waals surface area contributed by atoms with Crippen LogP contribution in [0.25, 0.3) is 0 Å². The number of anilines is 1. The minimum absolute atomic E-state index is 0.196. The lowest BCUT2D eigenvalue weighted by atomic mass is 10.2. The lowest BCUT2D eigenvalue weighted by Gasteiger charge is -2.09. The summed E-state index contributed by atoms with van der Waals surface area (Å²) in [7, 11) is 0. The fourth-order valence-electron chi connectivity index (χ4n) is 1.46. The monoisotopic (exact) mass is 405 g/mol. The van der Waals surface area contributed by atoms with Gasteiger partial charge in [-0.05, 0) is 46.9 Å². The van der Waals surface area contributed by atoms with E-state index in [1.54, 1.807) is 6.07 Å². The number of benzene rings is 2. The molecule has 4 heteroatoms. The molecular formula is C13H10BrFIN. The van der Waals surface area contributed by atoms with E-state index in [2.05, 4.69) is 43.8 Å². The van der Waals surface area contributed by atoms with Gasteiger partial charge in [0, 0.05) is 25.8 Å². The van der Waals surface area contributed by atoms with Crippen molar-refractivity contribution in [2.24, 2.45) is 0 Å². The summed E-state index contributed by atoms with van der Waals surface area (Å²) in [6.45, 7) is 0.485. The fraction of sp³-hybridized carbons (Fsp3) is 0.0769. The van der Waals surface area contributed by atoms with E-state index in [-0.39, 0.29) is 5.82 Å². The average molecular weight is 406 g/mol. The molecule has 2 aromatic rings. The van der Waals surface area contributed by atoms with Gasteiger partial charge in [0.15, 0.2) is 0 Å². The highest BCUT2D eigenvalue weighted by Crippen LogP contribution is 2.20. The molecule has 0 atom stereocenters. The van der Waals surface area contributed by atoms with Crippen LogP contribution >= 0.6 is 38.5 Å². The van der Waals surface area contributed by atoms with E-state index < -0.39 is 0 Å². The molecule has 0 saturated heterocycles. The van der Waals surface area contributed by atoms with Gasteiger partial charge in [-0.3, -0.25) is 0 Å². The summed E-state index contributed by atoms with van der Waals surface area (Å²) < 4.78 is 15.5. The predicted molar refractivity (Wildman–Crippen MR) is 80.6 cm³/mol. The maximum absolute atomic E-state index is 13.6. The molecule has 2 aromatic carbocycles. The molecular weight excluding hydrogens is 396 g/mol. The van der Waals surface area contributed by atoms with Crippen LogP contribution in [0.5, 0.6) is 0 Å². The predicted octanol–water partition coefficient (Wildman–Crippen LogP) is 4.80. The molecule has 88 valence electrons. The van der Waals surface area contributed by atoms with E-state index in [1.807, 2.05) is 30.3 Å². The van der Waals surface area contributed by atoms with E-state index in [1.165, 1.54) is 6.07 Å². The van der Waals surface area contributed by atoms with Crippen molar-refractivity contribution in [2.75, 3.05) is 5.32 Å². The second-order valence-corrected chi connectivity index (χ2v) is 5.65. The summed E-state index contributed by atoms with van der Waals surface area (Å²) in [5.74, 6) is -0.196. The molecule has 0 amide bonds. The molecule has 0 heterocycles. The summed E-state index contributed by atoms with van der Waals surface area (Å²) in [5, 5.41) is 3.23. The van der Waals surface area contributed by atoms with Gasteiger partial charge in [0.2, 0.25) is 0 Å². The third-order valence-corrected chi connectivity index (χ3v) is 3.79. The first-order chi connectivity index (χ1) is 8.16.